The molecule has 0 aromatic heterocycles. The van der Waals surface area contributed by atoms with Crippen LogP contribution in [0.15, 0.2) is 18.2 Å². The van der Waals surface area contributed by atoms with Gasteiger partial charge in [0, 0.05) is 19.6 Å². The molecule has 0 atom stereocenters. The summed E-state index contributed by atoms with van der Waals surface area (Å²) in [5.41, 5.74) is 1.80. The normalized spacial score (nSPS) is 17.7. The highest BCUT2D eigenvalue weighted by Gasteiger charge is 2.13. The summed E-state index contributed by atoms with van der Waals surface area (Å²) in [6.07, 6.45) is 1.21. The van der Waals surface area contributed by atoms with Crippen LogP contribution in [0, 0.1) is 11.3 Å². The summed E-state index contributed by atoms with van der Waals surface area (Å²) >= 11 is 0. The molecule has 2 rings (SSSR count). The Labute approximate surface area is 115 Å². The fraction of sp³-hybridized carbons (Fsp3) is 0.533. The summed E-state index contributed by atoms with van der Waals surface area (Å²) in [5, 5.41) is 9.11. The molecule has 19 heavy (non-hydrogen) atoms. The summed E-state index contributed by atoms with van der Waals surface area (Å²) in [6.45, 7) is 5.40. The molecule has 0 unspecified atom stereocenters. The molecule has 0 amide bonds. The van der Waals surface area contributed by atoms with Crippen LogP contribution in [0.5, 0.6) is 5.75 Å². The van der Waals surface area contributed by atoms with Gasteiger partial charge in [-0.15, -0.1) is 0 Å². The van der Waals surface area contributed by atoms with E-state index in [4.69, 9.17) is 10.00 Å². The predicted octanol–water partition coefficient (Wildman–Crippen LogP) is 1.70. The Morgan fingerprint density at radius 1 is 1.26 bits per heavy atom. The zero-order valence-corrected chi connectivity index (χ0v) is 11.7. The SMILES string of the molecule is COc1ccc(CN2CCCN(C)CC2)cc1C#N. The maximum Gasteiger partial charge on any atom is 0.136 e. The Bertz CT molecular complexity index is 467. The molecule has 4 heteroatoms. The molecule has 1 saturated heterocycles. The summed E-state index contributed by atoms with van der Waals surface area (Å²) in [7, 11) is 3.77. The number of rotatable bonds is 3. The van der Waals surface area contributed by atoms with E-state index in [1.165, 1.54) is 18.5 Å². The number of nitriles is 1. The third-order valence-corrected chi connectivity index (χ3v) is 3.60. The lowest BCUT2D eigenvalue weighted by molar-refractivity contribution is 0.269. The molecule has 0 aliphatic carbocycles. The molecule has 1 heterocycles. The van der Waals surface area contributed by atoms with E-state index in [0.29, 0.717) is 11.3 Å². The first-order valence-corrected chi connectivity index (χ1v) is 6.71. The van der Waals surface area contributed by atoms with Crippen LogP contribution in [-0.4, -0.2) is 50.1 Å². The number of methoxy groups -OCH3 is 1. The molecule has 102 valence electrons. The Morgan fingerprint density at radius 3 is 2.84 bits per heavy atom. The van der Waals surface area contributed by atoms with Gasteiger partial charge in [0.05, 0.1) is 12.7 Å². The van der Waals surface area contributed by atoms with Gasteiger partial charge < -0.3 is 9.64 Å². The molecule has 0 spiro atoms. The molecular weight excluding hydrogens is 238 g/mol. The molecule has 1 fully saturated rings. The fourth-order valence-electron chi connectivity index (χ4n) is 2.46. The number of nitrogens with zero attached hydrogens (tertiary/aromatic N) is 3. The number of likely N-dealkylation sites (N-methyl/N-ethyl adjacent to an activating group) is 1. The van der Waals surface area contributed by atoms with Gasteiger partial charge in [-0.2, -0.15) is 5.26 Å². The van der Waals surface area contributed by atoms with Crippen LogP contribution < -0.4 is 4.74 Å². The van der Waals surface area contributed by atoms with Gasteiger partial charge in [-0.3, -0.25) is 4.90 Å². The van der Waals surface area contributed by atoms with Crippen molar-refractivity contribution in [2.24, 2.45) is 0 Å². The van der Waals surface area contributed by atoms with E-state index < -0.39 is 0 Å². The molecule has 0 saturated carbocycles. The summed E-state index contributed by atoms with van der Waals surface area (Å²) in [5.74, 6) is 0.654. The van der Waals surface area contributed by atoms with Gasteiger partial charge in [-0.1, -0.05) is 6.07 Å². The zero-order valence-electron chi connectivity index (χ0n) is 11.7. The van der Waals surface area contributed by atoms with Gasteiger partial charge >= 0.3 is 0 Å². The Hall–Kier alpha value is -1.57. The van der Waals surface area contributed by atoms with Crippen molar-refractivity contribution < 1.29 is 4.74 Å². The van der Waals surface area contributed by atoms with Crippen molar-refractivity contribution >= 4 is 0 Å². The molecule has 0 bridgehead atoms. The van der Waals surface area contributed by atoms with Gasteiger partial charge in [0.15, 0.2) is 0 Å². The second-order valence-electron chi connectivity index (χ2n) is 5.08. The lowest BCUT2D eigenvalue weighted by atomic mass is 10.1. The van der Waals surface area contributed by atoms with Crippen LogP contribution in [0.2, 0.25) is 0 Å². The monoisotopic (exact) mass is 259 g/mol. The van der Waals surface area contributed by atoms with Crippen LogP contribution in [0.4, 0.5) is 0 Å². The minimum absolute atomic E-state index is 0.618. The first kappa shape index (κ1) is 13.9. The van der Waals surface area contributed by atoms with Crippen molar-refractivity contribution in [3.05, 3.63) is 29.3 Å². The number of hydrogen-bond acceptors (Lipinski definition) is 4. The van der Waals surface area contributed by atoms with Gasteiger partial charge in [0.25, 0.3) is 0 Å². The Morgan fingerprint density at radius 2 is 2.11 bits per heavy atom. The third kappa shape index (κ3) is 3.69. The van der Waals surface area contributed by atoms with E-state index in [1.54, 1.807) is 7.11 Å². The van der Waals surface area contributed by atoms with Crippen molar-refractivity contribution in [2.75, 3.05) is 40.3 Å². The van der Waals surface area contributed by atoms with Gasteiger partial charge in [0.2, 0.25) is 0 Å². The molecule has 1 aliphatic rings. The molecule has 0 N–H and O–H groups in total. The highest BCUT2D eigenvalue weighted by molar-refractivity contribution is 5.45. The van der Waals surface area contributed by atoms with Gasteiger partial charge in [-0.05, 0) is 44.3 Å². The minimum Gasteiger partial charge on any atom is -0.495 e. The second kappa shape index (κ2) is 6.55. The van der Waals surface area contributed by atoms with Crippen LogP contribution in [0.25, 0.3) is 0 Å². The fourth-order valence-corrected chi connectivity index (χ4v) is 2.46. The lowest BCUT2D eigenvalue weighted by Gasteiger charge is -2.20. The molecule has 1 aromatic carbocycles. The number of hydrogen-bond donors (Lipinski definition) is 0. The van der Waals surface area contributed by atoms with E-state index >= 15 is 0 Å². The maximum absolute atomic E-state index is 9.11. The molecule has 1 aromatic rings. The molecule has 0 radical (unpaired) electrons. The van der Waals surface area contributed by atoms with E-state index in [2.05, 4.69) is 22.9 Å². The standard InChI is InChI=1S/C15H21N3O/c1-17-6-3-7-18(9-8-17)12-13-4-5-15(19-2)14(10-13)11-16/h4-5,10H,3,6-9,12H2,1-2H3. The summed E-state index contributed by atoms with van der Waals surface area (Å²) in [6, 6.07) is 8.07. The molecular formula is C15H21N3O. The lowest BCUT2D eigenvalue weighted by Crippen LogP contribution is -2.28. The Kier molecular flexibility index (Phi) is 4.78. The van der Waals surface area contributed by atoms with E-state index in [0.717, 1.165) is 26.2 Å². The van der Waals surface area contributed by atoms with Crippen molar-refractivity contribution in [3.8, 4) is 11.8 Å². The second-order valence-corrected chi connectivity index (χ2v) is 5.08. The highest BCUT2D eigenvalue weighted by atomic mass is 16.5. The molecule has 4 nitrogen and oxygen atoms in total. The van der Waals surface area contributed by atoms with Crippen molar-refractivity contribution in [1.82, 2.24) is 9.80 Å². The smallest absolute Gasteiger partial charge is 0.136 e. The highest BCUT2D eigenvalue weighted by Crippen LogP contribution is 2.20. The Balaban J connectivity index is 2.04. The average molecular weight is 259 g/mol. The summed E-state index contributed by atoms with van der Waals surface area (Å²) < 4.78 is 5.17. The van der Waals surface area contributed by atoms with Crippen LogP contribution >= 0.6 is 0 Å². The van der Waals surface area contributed by atoms with Crippen molar-refractivity contribution in [2.45, 2.75) is 13.0 Å². The average Bonchev–Trinajstić information content (AvgIpc) is 2.63. The quantitative estimate of drug-likeness (QED) is 0.828. The largest absolute Gasteiger partial charge is 0.495 e. The first-order valence-electron chi connectivity index (χ1n) is 6.71. The van der Waals surface area contributed by atoms with E-state index in [1.807, 2.05) is 18.2 Å². The topological polar surface area (TPSA) is 39.5 Å². The predicted molar refractivity (Wildman–Crippen MR) is 75.1 cm³/mol. The number of benzene rings is 1. The molecule has 1 aliphatic heterocycles. The zero-order chi connectivity index (χ0) is 13.7. The van der Waals surface area contributed by atoms with Crippen molar-refractivity contribution in [3.63, 3.8) is 0 Å². The maximum atomic E-state index is 9.11. The van der Waals surface area contributed by atoms with E-state index in [9.17, 15) is 0 Å². The van der Waals surface area contributed by atoms with Gasteiger partial charge in [-0.25, -0.2) is 0 Å². The van der Waals surface area contributed by atoms with Crippen LogP contribution in [0.3, 0.4) is 0 Å². The number of ether oxygens (including phenoxy) is 1. The van der Waals surface area contributed by atoms with Gasteiger partial charge in [0.1, 0.15) is 11.8 Å². The van der Waals surface area contributed by atoms with Crippen molar-refractivity contribution in [1.29, 1.82) is 5.26 Å². The minimum atomic E-state index is 0.618. The third-order valence-electron chi connectivity index (χ3n) is 3.60. The van der Waals surface area contributed by atoms with Crippen LogP contribution in [-0.2, 0) is 6.54 Å². The van der Waals surface area contributed by atoms with Crippen LogP contribution in [0.1, 0.15) is 17.5 Å². The summed E-state index contributed by atoms with van der Waals surface area (Å²) in [4.78, 5) is 4.82. The van der Waals surface area contributed by atoms with E-state index in [-0.39, 0.29) is 0 Å². The first-order chi connectivity index (χ1) is 9.22.